The van der Waals surface area contributed by atoms with Gasteiger partial charge in [0.1, 0.15) is 0 Å². The predicted octanol–water partition coefficient (Wildman–Crippen LogP) is 3.23. The van der Waals surface area contributed by atoms with Gasteiger partial charge >= 0.3 is 0 Å². The molecule has 1 N–H and O–H groups in total. The number of hydrogen-bond donors (Lipinski definition) is 1. The number of rotatable bonds is 9. The molecule has 0 saturated heterocycles. The summed E-state index contributed by atoms with van der Waals surface area (Å²) in [5, 5.41) is 2.90. The molecule has 0 unspecified atom stereocenters. The second kappa shape index (κ2) is 9.78. The molecule has 1 amide bonds. The van der Waals surface area contributed by atoms with Gasteiger partial charge in [0.25, 0.3) is 0 Å². The highest BCUT2D eigenvalue weighted by molar-refractivity contribution is 7.92. The van der Waals surface area contributed by atoms with Gasteiger partial charge in [-0.2, -0.15) is 0 Å². The third-order valence-electron chi connectivity index (χ3n) is 4.89. The van der Waals surface area contributed by atoms with Crippen LogP contribution in [-0.2, 0) is 21.4 Å². The molecule has 7 heteroatoms. The lowest BCUT2D eigenvalue weighted by atomic mass is 10.1. The van der Waals surface area contributed by atoms with Crippen molar-refractivity contribution in [3.8, 4) is 0 Å². The van der Waals surface area contributed by atoms with E-state index < -0.39 is 10.0 Å². The van der Waals surface area contributed by atoms with Gasteiger partial charge in [0, 0.05) is 39.3 Å². The molecular weight excluding hydrogens is 386 g/mol. The molecule has 2 aromatic carbocycles. The number of sulfonamides is 1. The van der Waals surface area contributed by atoms with E-state index in [2.05, 4.69) is 5.32 Å². The van der Waals surface area contributed by atoms with Crippen molar-refractivity contribution >= 4 is 27.3 Å². The van der Waals surface area contributed by atoms with Crippen LogP contribution in [0.1, 0.15) is 29.5 Å². The molecule has 0 atom stereocenters. The van der Waals surface area contributed by atoms with Crippen LogP contribution in [0.2, 0.25) is 0 Å². The zero-order valence-electron chi connectivity index (χ0n) is 17.9. The average Bonchev–Trinajstić information content (AvgIpc) is 2.65. The highest BCUT2D eigenvalue weighted by Gasteiger charge is 2.18. The summed E-state index contributed by atoms with van der Waals surface area (Å²) in [6.07, 6.45) is 1.91. The maximum atomic E-state index is 12.2. The van der Waals surface area contributed by atoms with Crippen LogP contribution in [0.5, 0.6) is 0 Å². The molecule has 0 heterocycles. The Bertz CT molecular complexity index is 938. The van der Waals surface area contributed by atoms with E-state index in [0.29, 0.717) is 18.7 Å². The zero-order valence-corrected chi connectivity index (χ0v) is 18.7. The van der Waals surface area contributed by atoms with Crippen LogP contribution in [0.3, 0.4) is 0 Å². The first kappa shape index (κ1) is 22.7. The minimum absolute atomic E-state index is 0.0878. The van der Waals surface area contributed by atoms with Crippen molar-refractivity contribution in [1.29, 1.82) is 0 Å². The number of hydrogen-bond acceptors (Lipinski definition) is 4. The Morgan fingerprint density at radius 1 is 0.966 bits per heavy atom. The maximum Gasteiger partial charge on any atom is 0.232 e. The summed E-state index contributed by atoms with van der Waals surface area (Å²) in [5.41, 5.74) is 4.91. The van der Waals surface area contributed by atoms with E-state index in [-0.39, 0.29) is 18.9 Å². The third kappa shape index (κ3) is 6.78. The van der Waals surface area contributed by atoms with Gasteiger partial charge in [-0.05, 0) is 61.2 Å². The summed E-state index contributed by atoms with van der Waals surface area (Å²) in [7, 11) is 0.547. The van der Waals surface area contributed by atoms with Crippen LogP contribution in [0.4, 0.5) is 11.4 Å². The van der Waals surface area contributed by atoms with Gasteiger partial charge in [-0.25, -0.2) is 8.42 Å². The highest BCUT2D eigenvalue weighted by Crippen LogP contribution is 2.21. The fourth-order valence-electron chi connectivity index (χ4n) is 2.95. The predicted molar refractivity (Wildman–Crippen MR) is 120 cm³/mol. The highest BCUT2D eigenvalue weighted by atomic mass is 32.2. The minimum Gasteiger partial charge on any atom is -0.378 e. The molecule has 0 fully saturated rings. The van der Waals surface area contributed by atoms with E-state index in [1.165, 1.54) is 10.6 Å². The van der Waals surface area contributed by atoms with E-state index in [1.54, 1.807) is 6.07 Å². The van der Waals surface area contributed by atoms with Crippen LogP contribution in [-0.4, -0.2) is 41.2 Å². The number of carbonyl (C=O) groups excluding carboxylic acids is 1. The third-order valence-corrected chi connectivity index (χ3v) is 6.08. The fraction of sp³-hybridized carbons (Fsp3) is 0.409. The van der Waals surface area contributed by atoms with Crippen LogP contribution in [0.25, 0.3) is 0 Å². The monoisotopic (exact) mass is 417 g/mol. The van der Waals surface area contributed by atoms with Gasteiger partial charge in [-0.15, -0.1) is 0 Å². The van der Waals surface area contributed by atoms with Crippen LogP contribution < -0.4 is 14.5 Å². The number of carbonyl (C=O) groups is 1. The molecule has 0 aliphatic carbocycles. The summed E-state index contributed by atoms with van der Waals surface area (Å²) in [4.78, 5) is 14.2. The first-order valence-corrected chi connectivity index (χ1v) is 11.5. The van der Waals surface area contributed by atoms with Crippen molar-refractivity contribution in [3.63, 3.8) is 0 Å². The van der Waals surface area contributed by atoms with Crippen molar-refractivity contribution in [2.45, 2.75) is 33.2 Å². The molecule has 0 aliphatic heterocycles. The second-order valence-corrected chi connectivity index (χ2v) is 9.45. The van der Waals surface area contributed by atoms with Crippen molar-refractivity contribution in [2.75, 3.05) is 36.1 Å². The van der Waals surface area contributed by atoms with Gasteiger partial charge in [-0.3, -0.25) is 9.10 Å². The van der Waals surface area contributed by atoms with Crippen LogP contribution in [0.15, 0.2) is 42.5 Å². The lowest BCUT2D eigenvalue weighted by molar-refractivity contribution is -0.121. The van der Waals surface area contributed by atoms with Crippen LogP contribution >= 0.6 is 0 Å². The van der Waals surface area contributed by atoms with Gasteiger partial charge in [0.05, 0.1) is 11.9 Å². The number of anilines is 2. The SMILES string of the molecule is Cc1ccc(N(CCCC(=O)NCc2ccc(N(C)C)cc2)S(C)(=O)=O)cc1C. The number of nitrogens with zero attached hydrogens (tertiary/aromatic N) is 2. The molecule has 158 valence electrons. The van der Waals surface area contributed by atoms with E-state index in [0.717, 1.165) is 22.4 Å². The summed E-state index contributed by atoms with van der Waals surface area (Å²) in [6, 6.07) is 13.6. The molecular formula is C22H31N3O3S. The van der Waals surface area contributed by atoms with Crippen LogP contribution in [0, 0.1) is 13.8 Å². The number of amides is 1. The van der Waals surface area contributed by atoms with Gasteiger partial charge in [0.2, 0.25) is 15.9 Å². The average molecular weight is 418 g/mol. The van der Waals surface area contributed by atoms with E-state index in [9.17, 15) is 13.2 Å². The van der Waals surface area contributed by atoms with Crippen molar-refractivity contribution in [1.82, 2.24) is 5.32 Å². The Labute approximate surface area is 174 Å². The smallest absolute Gasteiger partial charge is 0.232 e. The van der Waals surface area contributed by atoms with Crippen molar-refractivity contribution < 1.29 is 13.2 Å². The molecule has 0 radical (unpaired) electrons. The lowest BCUT2D eigenvalue weighted by Gasteiger charge is -2.23. The second-order valence-electron chi connectivity index (χ2n) is 7.54. The molecule has 0 aromatic heterocycles. The summed E-state index contributed by atoms with van der Waals surface area (Å²) < 4.78 is 25.8. The van der Waals surface area contributed by atoms with Crippen molar-refractivity contribution in [2.24, 2.45) is 0 Å². The first-order valence-electron chi connectivity index (χ1n) is 9.66. The number of benzene rings is 2. The largest absolute Gasteiger partial charge is 0.378 e. The number of aryl methyl sites for hydroxylation is 2. The minimum atomic E-state index is -3.41. The quantitative estimate of drug-likeness (QED) is 0.680. The lowest BCUT2D eigenvalue weighted by Crippen LogP contribution is -2.32. The molecule has 2 aromatic rings. The first-order chi connectivity index (χ1) is 13.6. The summed E-state index contributed by atoms with van der Waals surface area (Å²) >= 11 is 0. The Kier molecular flexibility index (Phi) is 7.67. The Balaban J connectivity index is 1.88. The maximum absolute atomic E-state index is 12.2. The van der Waals surface area contributed by atoms with Gasteiger partial charge in [-0.1, -0.05) is 18.2 Å². The number of nitrogens with one attached hydrogen (secondary N) is 1. The molecule has 6 nitrogen and oxygen atoms in total. The van der Waals surface area contributed by atoms with E-state index >= 15 is 0 Å². The van der Waals surface area contributed by atoms with E-state index in [4.69, 9.17) is 0 Å². The molecule has 0 aliphatic rings. The summed E-state index contributed by atoms with van der Waals surface area (Å²) in [6.45, 7) is 4.67. The normalized spacial score (nSPS) is 11.2. The molecule has 0 bridgehead atoms. The molecule has 0 saturated carbocycles. The van der Waals surface area contributed by atoms with Crippen molar-refractivity contribution in [3.05, 3.63) is 59.2 Å². The molecule has 0 spiro atoms. The summed E-state index contributed by atoms with van der Waals surface area (Å²) in [5.74, 6) is -0.0878. The Morgan fingerprint density at radius 2 is 1.59 bits per heavy atom. The van der Waals surface area contributed by atoms with Gasteiger partial charge in [0.15, 0.2) is 0 Å². The fourth-order valence-corrected chi connectivity index (χ4v) is 3.91. The molecule has 29 heavy (non-hydrogen) atoms. The zero-order chi connectivity index (χ0) is 21.6. The van der Waals surface area contributed by atoms with E-state index in [1.807, 2.05) is 69.2 Å². The van der Waals surface area contributed by atoms with Gasteiger partial charge < -0.3 is 10.2 Å². The topological polar surface area (TPSA) is 69.7 Å². The Hall–Kier alpha value is -2.54. The Morgan fingerprint density at radius 3 is 2.14 bits per heavy atom. The standard InChI is InChI=1S/C22H31N3O3S/c1-17-8-11-21(15-18(17)2)25(29(5,27)28)14-6-7-22(26)23-16-19-9-12-20(13-10-19)24(3)4/h8-13,15H,6-7,14,16H2,1-5H3,(H,23,26). The molecule has 2 rings (SSSR count).